The quantitative estimate of drug-likeness (QED) is 0.804. The SMILES string of the molecule is CCC[C@@H]1CN(C(=O)CCCN2CCCCC2=O)C[C@H]1N. The van der Waals surface area contributed by atoms with Crippen LogP contribution in [0.4, 0.5) is 0 Å². The van der Waals surface area contributed by atoms with Gasteiger partial charge in [-0.15, -0.1) is 0 Å². The summed E-state index contributed by atoms with van der Waals surface area (Å²) in [6.07, 6.45) is 6.32. The van der Waals surface area contributed by atoms with Gasteiger partial charge in [-0.1, -0.05) is 13.3 Å². The smallest absolute Gasteiger partial charge is 0.222 e. The Balaban J connectivity index is 1.69. The van der Waals surface area contributed by atoms with Crippen molar-refractivity contribution in [2.45, 2.75) is 57.9 Å². The fraction of sp³-hybridized carbons (Fsp3) is 0.875. The van der Waals surface area contributed by atoms with E-state index >= 15 is 0 Å². The first-order valence-electron chi connectivity index (χ1n) is 8.43. The van der Waals surface area contributed by atoms with Gasteiger partial charge in [0.15, 0.2) is 0 Å². The van der Waals surface area contributed by atoms with Gasteiger partial charge in [-0.3, -0.25) is 9.59 Å². The molecule has 2 atom stereocenters. The summed E-state index contributed by atoms with van der Waals surface area (Å²) in [4.78, 5) is 27.8. The van der Waals surface area contributed by atoms with Crippen LogP contribution in [0.5, 0.6) is 0 Å². The highest BCUT2D eigenvalue weighted by atomic mass is 16.2. The topological polar surface area (TPSA) is 66.6 Å². The lowest BCUT2D eigenvalue weighted by Gasteiger charge is -2.26. The molecule has 21 heavy (non-hydrogen) atoms. The van der Waals surface area contributed by atoms with Crippen molar-refractivity contribution >= 4 is 11.8 Å². The first-order valence-corrected chi connectivity index (χ1v) is 8.43. The second-order valence-electron chi connectivity index (χ2n) is 6.45. The highest BCUT2D eigenvalue weighted by Crippen LogP contribution is 2.21. The van der Waals surface area contributed by atoms with Crippen LogP contribution in [0.1, 0.15) is 51.9 Å². The Morgan fingerprint density at radius 2 is 2.14 bits per heavy atom. The van der Waals surface area contributed by atoms with Gasteiger partial charge in [-0.2, -0.15) is 0 Å². The number of nitrogens with zero attached hydrogens (tertiary/aromatic N) is 2. The normalized spacial score (nSPS) is 26.5. The molecular formula is C16H29N3O2. The molecule has 0 aromatic heterocycles. The number of amides is 2. The second kappa shape index (κ2) is 7.78. The van der Waals surface area contributed by atoms with Crippen LogP contribution < -0.4 is 5.73 Å². The van der Waals surface area contributed by atoms with E-state index in [9.17, 15) is 9.59 Å². The highest BCUT2D eigenvalue weighted by Gasteiger charge is 2.31. The first kappa shape index (κ1) is 16.3. The van der Waals surface area contributed by atoms with Crippen LogP contribution in [-0.4, -0.2) is 53.8 Å². The Kier molecular flexibility index (Phi) is 6.03. The van der Waals surface area contributed by atoms with Crippen molar-refractivity contribution in [1.29, 1.82) is 0 Å². The third-order valence-corrected chi connectivity index (χ3v) is 4.74. The zero-order valence-electron chi connectivity index (χ0n) is 13.2. The molecule has 5 heteroatoms. The number of nitrogens with two attached hydrogens (primary N) is 1. The van der Waals surface area contributed by atoms with E-state index in [-0.39, 0.29) is 17.9 Å². The Labute approximate surface area is 127 Å². The third kappa shape index (κ3) is 4.43. The molecule has 120 valence electrons. The van der Waals surface area contributed by atoms with E-state index in [0.29, 0.717) is 25.3 Å². The molecule has 2 rings (SSSR count). The van der Waals surface area contributed by atoms with Crippen LogP contribution >= 0.6 is 0 Å². The molecule has 2 fully saturated rings. The summed E-state index contributed by atoms with van der Waals surface area (Å²) >= 11 is 0. The summed E-state index contributed by atoms with van der Waals surface area (Å²) in [5, 5.41) is 0. The number of carbonyl (C=O) groups excluding carboxylic acids is 2. The molecule has 0 aliphatic carbocycles. The monoisotopic (exact) mass is 295 g/mol. The molecule has 2 aliphatic heterocycles. The van der Waals surface area contributed by atoms with Gasteiger partial charge in [-0.05, 0) is 31.6 Å². The largest absolute Gasteiger partial charge is 0.343 e. The van der Waals surface area contributed by atoms with E-state index < -0.39 is 0 Å². The van der Waals surface area contributed by atoms with Gasteiger partial charge < -0.3 is 15.5 Å². The maximum absolute atomic E-state index is 12.2. The van der Waals surface area contributed by atoms with Crippen molar-refractivity contribution in [2.24, 2.45) is 11.7 Å². The fourth-order valence-corrected chi connectivity index (χ4v) is 3.45. The molecule has 2 saturated heterocycles. The lowest BCUT2D eigenvalue weighted by Crippen LogP contribution is -2.37. The van der Waals surface area contributed by atoms with Gasteiger partial charge in [0.25, 0.3) is 0 Å². The lowest BCUT2D eigenvalue weighted by molar-refractivity contribution is -0.134. The standard InChI is InChI=1S/C16H29N3O2/c1-2-6-13-11-19(12-14(13)17)16(21)8-5-10-18-9-4-3-7-15(18)20/h13-14H,2-12,17H2,1H3/t13-,14-/m1/s1. The summed E-state index contributed by atoms with van der Waals surface area (Å²) in [5.41, 5.74) is 6.11. The van der Waals surface area contributed by atoms with Crippen LogP contribution in [0.2, 0.25) is 0 Å². The Bertz CT molecular complexity index is 373. The summed E-state index contributed by atoms with van der Waals surface area (Å²) < 4.78 is 0. The minimum atomic E-state index is 0.137. The number of hydrogen-bond donors (Lipinski definition) is 1. The molecule has 0 unspecified atom stereocenters. The first-order chi connectivity index (χ1) is 10.1. The van der Waals surface area contributed by atoms with Crippen LogP contribution in [0.3, 0.4) is 0 Å². The predicted octanol–water partition coefficient (Wildman–Crippen LogP) is 1.36. The van der Waals surface area contributed by atoms with Crippen LogP contribution in [0, 0.1) is 5.92 Å². The molecule has 0 spiro atoms. The fourth-order valence-electron chi connectivity index (χ4n) is 3.45. The molecule has 2 amide bonds. The molecule has 2 heterocycles. The van der Waals surface area contributed by atoms with Crippen molar-refractivity contribution in [2.75, 3.05) is 26.2 Å². The average molecular weight is 295 g/mol. The molecule has 0 radical (unpaired) electrons. The molecule has 2 N–H and O–H groups in total. The number of likely N-dealkylation sites (tertiary alicyclic amines) is 2. The van der Waals surface area contributed by atoms with E-state index in [1.807, 2.05) is 9.80 Å². The van der Waals surface area contributed by atoms with Gasteiger partial charge in [0.1, 0.15) is 0 Å². The minimum absolute atomic E-state index is 0.137. The Morgan fingerprint density at radius 1 is 1.33 bits per heavy atom. The van der Waals surface area contributed by atoms with Crippen LogP contribution in [-0.2, 0) is 9.59 Å². The molecule has 2 aliphatic rings. The maximum Gasteiger partial charge on any atom is 0.222 e. The van der Waals surface area contributed by atoms with Gasteiger partial charge in [-0.25, -0.2) is 0 Å². The zero-order chi connectivity index (χ0) is 15.2. The minimum Gasteiger partial charge on any atom is -0.343 e. The molecule has 5 nitrogen and oxygen atoms in total. The highest BCUT2D eigenvalue weighted by molar-refractivity contribution is 5.78. The maximum atomic E-state index is 12.2. The van der Waals surface area contributed by atoms with Crippen molar-refractivity contribution in [3.05, 3.63) is 0 Å². The number of carbonyl (C=O) groups is 2. The molecule has 0 bridgehead atoms. The van der Waals surface area contributed by atoms with Gasteiger partial charge in [0, 0.05) is 45.1 Å². The molecular weight excluding hydrogens is 266 g/mol. The van der Waals surface area contributed by atoms with Gasteiger partial charge in [0.05, 0.1) is 0 Å². The van der Waals surface area contributed by atoms with E-state index in [1.54, 1.807) is 0 Å². The summed E-state index contributed by atoms with van der Waals surface area (Å²) in [7, 11) is 0. The van der Waals surface area contributed by atoms with E-state index in [2.05, 4.69) is 6.92 Å². The van der Waals surface area contributed by atoms with E-state index in [1.165, 1.54) is 0 Å². The molecule has 0 aromatic rings. The van der Waals surface area contributed by atoms with Gasteiger partial charge in [0.2, 0.25) is 11.8 Å². The summed E-state index contributed by atoms with van der Waals surface area (Å²) in [6.45, 7) is 5.26. The molecule has 0 aromatic carbocycles. The van der Waals surface area contributed by atoms with Crippen LogP contribution in [0.15, 0.2) is 0 Å². The number of piperidine rings is 1. The Hall–Kier alpha value is -1.10. The Morgan fingerprint density at radius 3 is 2.86 bits per heavy atom. The van der Waals surface area contributed by atoms with Crippen molar-refractivity contribution in [3.8, 4) is 0 Å². The average Bonchev–Trinajstić information content (AvgIpc) is 2.83. The third-order valence-electron chi connectivity index (χ3n) is 4.74. The van der Waals surface area contributed by atoms with Crippen molar-refractivity contribution in [1.82, 2.24) is 9.80 Å². The van der Waals surface area contributed by atoms with Crippen molar-refractivity contribution < 1.29 is 9.59 Å². The van der Waals surface area contributed by atoms with Crippen LogP contribution in [0.25, 0.3) is 0 Å². The second-order valence-corrected chi connectivity index (χ2v) is 6.45. The van der Waals surface area contributed by atoms with E-state index in [4.69, 9.17) is 5.73 Å². The molecule has 0 saturated carbocycles. The van der Waals surface area contributed by atoms with Crippen molar-refractivity contribution in [3.63, 3.8) is 0 Å². The zero-order valence-corrected chi connectivity index (χ0v) is 13.2. The predicted molar refractivity (Wildman–Crippen MR) is 82.6 cm³/mol. The lowest BCUT2D eigenvalue weighted by atomic mass is 9.99. The summed E-state index contributed by atoms with van der Waals surface area (Å²) in [5.74, 6) is 0.913. The van der Waals surface area contributed by atoms with Gasteiger partial charge >= 0.3 is 0 Å². The summed E-state index contributed by atoms with van der Waals surface area (Å²) in [6, 6.07) is 0.137. The van der Waals surface area contributed by atoms with E-state index in [0.717, 1.165) is 51.7 Å². The number of hydrogen-bond acceptors (Lipinski definition) is 3. The number of rotatable bonds is 6.